The molecule has 0 unspecified atom stereocenters. The zero-order valence-corrected chi connectivity index (χ0v) is 17.6. The minimum absolute atomic E-state index is 0.307. The van der Waals surface area contributed by atoms with Crippen LogP contribution in [-0.4, -0.2) is 24.5 Å². The third kappa shape index (κ3) is 3.63. The van der Waals surface area contributed by atoms with Gasteiger partial charge in [0.2, 0.25) is 0 Å². The van der Waals surface area contributed by atoms with Gasteiger partial charge in [-0.15, -0.1) is 22.7 Å². The maximum absolute atomic E-state index is 11.7. The lowest BCUT2D eigenvalue weighted by atomic mass is 10.2. The van der Waals surface area contributed by atoms with Crippen molar-refractivity contribution in [1.82, 2.24) is 9.78 Å². The first-order valence-electron chi connectivity index (χ1n) is 8.33. The number of hydrogen-bond donors (Lipinski definition) is 0. The lowest BCUT2D eigenvalue weighted by molar-refractivity contribution is 0.602. The van der Waals surface area contributed by atoms with Gasteiger partial charge in [0.05, 0.1) is 26.0 Å². The van der Waals surface area contributed by atoms with Gasteiger partial charge in [-0.25, -0.2) is 13.1 Å². The van der Waals surface area contributed by atoms with Crippen LogP contribution in [0.1, 0.15) is 11.1 Å². The van der Waals surface area contributed by atoms with Crippen LogP contribution in [0.25, 0.3) is 26.8 Å². The van der Waals surface area contributed by atoms with Gasteiger partial charge in [-0.2, -0.15) is 5.10 Å². The molecule has 0 aliphatic heterocycles. The van der Waals surface area contributed by atoms with Crippen LogP contribution in [-0.2, 0) is 9.84 Å². The minimum Gasteiger partial charge on any atom is -0.232 e. The molecule has 3 heterocycles. The molecule has 0 radical (unpaired) electrons. The number of sulfone groups is 1. The average molecular weight is 415 g/mol. The largest absolute Gasteiger partial charge is 0.232 e. The van der Waals surface area contributed by atoms with E-state index in [1.165, 1.54) is 17.4 Å². The summed E-state index contributed by atoms with van der Waals surface area (Å²) in [4.78, 5) is 2.56. The molecule has 3 aromatic heterocycles. The Labute approximate surface area is 166 Å². The molecule has 0 bridgehead atoms. The maximum atomic E-state index is 11.7. The van der Waals surface area contributed by atoms with Gasteiger partial charge in [-0.05, 0) is 78.2 Å². The van der Waals surface area contributed by atoms with Crippen molar-refractivity contribution in [1.29, 1.82) is 0 Å². The fourth-order valence-corrected chi connectivity index (χ4v) is 5.23. The molecule has 1 aromatic carbocycles. The fourth-order valence-electron chi connectivity index (χ4n) is 2.84. The molecule has 0 spiro atoms. The first-order chi connectivity index (χ1) is 12.8. The summed E-state index contributed by atoms with van der Waals surface area (Å²) in [5, 5.41) is 9.06. The number of aryl methyl sites for hydroxylation is 2. The summed E-state index contributed by atoms with van der Waals surface area (Å²) in [6.07, 6.45) is 1.22. The van der Waals surface area contributed by atoms with Gasteiger partial charge in [0.25, 0.3) is 0 Å². The van der Waals surface area contributed by atoms with Gasteiger partial charge in [-0.1, -0.05) is 0 Å². The van der Waals surface area contributed by atoms with Crippen molar-refractivity contribution in [2.75, 3.05) is 6.26 Å². The molecule has 0 saturated carbocycles. The van der Waals surface area contributed by atoms with E-state index in [2.05, 4.69) is 42.8 Å². The van der Waals surface area contributed by atoms with Crippen molar-refractivity contribution in [3.8, 4) is 26.8 Å². The van der Waals surface area contributed by atoms with Gasteiger partial charge in [0.1, 0.15) is 5.69 Å². The Hall–Kier alpha value is -2.22. The summed E-state index contributed by atoms with van der Waals surface area (Å²) in [5.41, 5.74) is 5.19. The van der Waals surface area contributed by atoms with Gasteiger partial charge in [0.15, 0.2) is 9.84 Å². The highest BCUT2D eigenvalue weighted by atomic mass is 32.2. The quantitative estimate of drug-likeness (QED) is 0.452. The summed E-state index contributed by atoms with van der Waals surface area (Å²) in [7, 11) is -3.22. The monoisotopic (exact) mass is 414 g/mol. The predicted octanol–water partition coefficient (Wildman–Crippen LogP) is 5.35. The molecule has 0 fully saturated rings. The van der Waals surface area contributed by atoms with Crippen molar-refractivity contribution >= 4 is 32.5 Å². The van der Waals surface area contributed by atoms with Crippen LogP contribution in [0.2, 0.25) is 0 Å². The zero-order valence-electron chi connectivity index (χ0n) is 15.1. The molecule has 4 aromatic rings. The molecule has 7 heteroatoms. The highest BCUT2D eigenvalue weighted by Crippen LogP contribution is 2.34. The maximum Gasteiger partial charge on any atom is 0.175 e. The highest BCUT2D eigenvalue weighted by molar-refractivity contribution is 7.90. The average Bonchev–Trinajstić information content (AvgIpc) is 3.33. The van der Waals surface area contributed by atoms with E-state index in [-0.39, 0.29) is 0 Å². The van der Waals surface area contributed by atoms with Crippen molar-refractivity contribution in [2.45, 2.75) is 18.7 Å². The Morgan fingerprint density at radius 1 is 0.889 bits per heavy atom. The van der Waals surface area contributed by atoms with Crippen LogP contribution in [0.15, 0.2) is 58.1 Å². The molecule has 0 N–H and O–H groups in total. The second-order valence-electron chi connectivity index (χ2n) is 6.57. The molecular weight excluding hydrogens is 396 g/mol. The topological polar surface area (TPSA) is 52.0 Å². The van der Waals surface area contributed by atoms with E-state index in [4.69, 9.17) is 5.10 Å². The SMILES string of the molecule is Cc1csc(-c2cc(-c3cc(C)cs3)n(-c3ccc(S(C)(=O)=O)cc3)n2)c1. The number of hydrogen-bond acceptors (Lipinski definition) is 5. The molecule has 0 amide bonds. The Morgan fingerprint density at radius 3 is 2.00 bits per heavy atom. The predicted molar refractivity (Wildman–Crippen MR) is 113 cm³/mol. The third-order valence-corrected chi connectivity index (χ3v) is 7.45. The van der Waals surface area contributed by atoms with E-state index in [9.17, 15) is 8.42 Å². The third-order valence-electron chi connectivity index (χ3n) is 4.18. The molecule has 4 nitrogen and oxygen atoms in total. The van der Waals surface area contributed by atoms with Crippen LogP contribution < -0.4 is 0 Å². The molecule has 0 aliphatic carbocycles. The zero-order chi connectivity index (χ0) is 19.2. The van der Waals surface area contributed by atoms with E-state index >= 15 is 0 Å². The Bertz CT molecular complexity index is 1210. The molecule has 27 heavy (non-hydrogen) atoms. The van der Waals surface area contributed by atoms with Gasteiger partial charge in [-0.3, -0.25) is 0 Å². The Morgan fingerprint density at radius 2 is 1.48 bits per heavy atom. The minimum atomic E-state index is -3.22. The smallest absolute Gasteiger partial charge is 0.175 e. The Balaban J connectivity index is 1.86. The summed E-state index contributed by atoms with van der Waals surface area (Å²) in [5.74, 6) is 0. The van der Waals surface area contributed by atoms with Crippen LogP contribution in [0.3, 0.4) is 0 Å². The van der Waals surface area contributed by atoms with Crippen LogP contribution >= 0.6 is 22.7 Å². The van der Waals surface area contributed by atoms with Crippen LogP contribution in [0, 0.1) is 13.8 Å². The normalized spacial score (nSPS) is 11.8. The number of benzene rings is 1. The van der Waals surface area contributed by atoms with Crippen molar-refractivity contribution in [3.63, 3.8) is 0 Å². The van der Waals surface area contributed by atoms with Crippen LogP contribution in [0.5, 0.6) is 0 Å². The lowest BCUT2D eigenvalue weighted by Gasteiger charge is -2.07. The summed E-state index contributed by atoms with van der Waals surface area (Å²) < 4.78 is 25.4. The van der Waals surface area contributed by atoms with E-state index in [0.717, 1.165) is 26.8 Å². The summed E-state index contributed by atoms with van der Waals surface area (Å²) in [6.45, 7) is 4.15. The van der Waals surface area contributed by atoms with E-state index in [1.807, 2.05) is 4.68 Å². The molecular formula is C20H18N2O2S3. The van der Waals surface area contributed by atoms with Crippen molar-refractivity contribution in [3.05, 3.63) is 64.4 Å². The van der Waals surface area contributed by atoms with Crippen molar-refractivity contribution < 1.29 is 8.42 Å². The lowest BCUT2D eigenvalue weighted by Crippen LogP contribution is -2.01. The molecule has 0 atom stereocenters. The number of rotatable bonds is 4. The molecule has 0 saturated heterocycles. The van der Waals surface area contributed by atoms with Gasteiger partial charge < -0.3 is 0 Å². The molecule has 138 valence electrons. The second-order valence-corrected chi connectivity index (χ2v) is 10.4. The number of aromatic nitrogens is 2. The second kappa shape index (κ2) is 6.74. The molecule has 4 rings (SSSR count). The summed E-state index contributed by atoms with van der Waals surface area (Å²) in [6, 6.07) is 13.2. The van der Waals surface area contributed by atoms with E-state index < -0.39 is 9.84 Å². The van der Waals surface area contributed by atoms with Crippen molar-refractivity contribution in [2.24, 2.45) is 0 Å². The first-order valence-corrected chi connectivity index (χ1v) is 12.0. The van der Waals surface area contributed by atoms with Gasteiger partial charge in [0, 0.05) is 6.26 Å². The highest BCUT2D eigenvalue weighted by Gasteiger charge is 2.16. The fraction of sp³-hybridized carbons (Fsp3) is 0.150. The number of thiophene rings is 2. The van der Waals surface area contributed by atoms with E-state index in [1.54, 1.807) is 46.9 Å². The number of nitrogens with zero attached hydrogens (tertiary/aromatic N) is 2. The first kappa shape index (κ1) is 18.2. The van der Waals surface area contributed by atoms with Gasteiger partial charge >= 0.3 is 0 Å². The van der Waals surface area contributed by atoms with Crippen LogP contribution in [0.4, 0.5) is 0 Å². The summed E-state index contributed by atoms with van der Waals surface area (Å²) >= 11 is 3.35. The standard InChI is InChI=1S/C20H18N2O2S3/c1-13-8-19(25-11-13)17-10-18(20-9-14(2)12-26-20)22(21-17)15-4-6-16(7-5-15)27(3,23)24/h4-12H,1-3H3. The van der Waals surface area contributed by atoms with E-state index in [0.29, 0.717) is 4.90 Å². The Kier molecular flexibility index (Phi) is 4.53. The molecule has 0 aliphatic rings.